The van der Waals surface area contributed by atoms with Crippen molar-refractivity contribution < 1.29 is 13.3 Å². The minimum absolute atomic E-state index is 0.691. The zero-order valence-corrected chi connectivity index (χ0v) is 17.2. The molecule has 3 aliphatic rings. The van der Waals surface area contributed by atoms with E-state index in [9.17, 15) is 0 Å². The topological polar surface area (TPSA) is 27.7 Å². The van der Waals surface area contributed by atoms with E-state index in [0.29, 0.717) is 19.8 Å². The summed E-state index contributed by atoms with van der Waals surface area (Å²) in [4.78, 5) is 0. The van der Waals surface area contributed by atoms with E-state index in [1.54, 1.807) is 0 Å². The zero-order valence-electron chi connectivity index (χ0n) is 13.8. The van der Waals surface area contributed by atoms with Gasteiger partial charge in [-0.25, -0.2) is 0 Å². The van der Waals surface area contributed by atoms with E-state index in [4.69, 9.17) is 13.3 Å². The van der Waals surface area contributed by atoms with E-state index in [1.165, 1.54) is 19.3 Å². The van der Waals surface area contributed by atoms with Crippen LogP contribution in [0.5, 0.6) is 0 Å². The van der Waals surface area contributed by atoms with Gasteiger partial charge in [-0.3, -0.25) is 0 Å². The molecule has 0 radical (unpaired) electrons. The van der Waals surface area contributed by atoms with Crippen LogP contribution in [0.2, 0.25) is 6.04 Å². The maximum Gasteiger partial charge on any atom is 0.500 e. The quantitative estimate of drug-likeness (QED) is 0.419. The van der Waals surface area contributed by atoms with Crippen LogP contribution in [0.4, 0.5) is 0 Å². The van der Waals surface area contributed by atoms with Gasteiger partial charge in [-0.05, 0) is 67.6 Å². The van der Waals surface area contributed by atoms with Gasteiger partial charge in [0.25, 0.3) is 0 Å². The van der Waals surface area contributed by atoms with Gasteiger partial charge in [-0.15, -0.1) is 0 Å². The molecule has 0 aromatic heterocycles. The van der Waals surface area contributed by atoms with Gasteiger partial charge < -0.3 is 13.3 Å². The van der Waals surface area contributed by atoms with Gasteiger partial charge in [0.15, 0.2) is 0 Å². The second-order valence-electron chi connectivity index (χ2n) is 6.37. The van der Waals surface area contributed by atoms with Gasteiger partial charge >= 0.3 is 8.80 Å². The molecule has 5 atom stereocenters. The highest BCUT2D eigenvalue weighted by molar-refractivity contribution is 9.11. The van der Waals surface area contributed by atoms with E-state index in [-0.39, 0.29) is 0 Å². The van der Waals surface area contributed by atoms with Crippen LogP contribution in [0.3, 0.4) is 0 Å². The Morgan fingerprint density at radius 2 is 1.55 bits per heavy atom. The molecule has 7 heteroatoms. The summed E-state index contributed by atoms with van der Waals surface area (Å²) in [5.74, 6) is 2.76. The molecule has 2 saturated carbocycles. The Kier molecular flexibility index (Phi) is 6.54. The van der Waals surface area contributed by atoms with Crippen molar-refractivity contribution in [3.05, 3.63) is 0 Å². The maximum absolute atomic E-state index is 6.02. The van der Waals surface area contributed by atoms with Crippen molar-refractivity contribution in [1.82, 2.24) is 0 Å². The highest BCUT2D eigenvalue weighted by Crippen LogP contribution is 2.67. The Balaban J connectivity index is 1.58. The molecule has 1 saturated heterocycles. The molecule has 1 aliphatic heterocycles. The summed E-state index contributed by atoms with van der Waals surface area (Å²) >= 11 is 0. The van der Waals surface area contributed by atoms with Crippen LogP contribution in [0, 0.1) is 17.8 Å². The molecular weight excluding hydrogens is 352 g/mol. The molecule has 128 valence electrons. The fourth-order valence-electron chi connectivity index (χ4n) is 4.45. The van der Waals surface area contributed by atoms with Crippen molar-refractivity contribution in [1.29, 1.82) is 0 Å². The first-order chi connectivity index (χ1) is 10.7. The minimum atomic E-state index is -2.44. The molecule has 0 spiro atoms. The number of hydrogen-bond acceptors (Lipinski definition) is 6. The van der Waals surface area contributed by atoms with Crippen molar-refractivity contribution in [3.63, 3.8) is 0 Å². The second kappa shape index (κ2) is 8.02. The lowest BCUT2D eigenvalue weighted by molar-refractivity contribution is 0.0688. The summed E-state index contributed by atoms with van der Waals surface area (Å²) in [5, 5.41) is 1.84. The number of rotatable bonds is 9. The normalized spacial score (nSPS) is 37.0. The summed E-state index contributed by atoms with van der Waals surface area (Å²) in [6.45, 7) is 8.22. The summed E-state index contributed by atoms with van der Waals surface area (Å²) in [5.41, 5.74) is 0. The third-order valence-electron chi connectivity index (χ3n) is 5.21. The van der Waals surface area contributed by atoms with E-state index in [1.807, 2.05) is 30.6 Å². The monoisotopic (exact) mass is 380 g/mol. The second-order valence-corrected chi connectivity index (χ2v) is 13.5. The summed E-state index contributed by atoms with van der Waals surface area (Å²) in [6.07, 6.45) is 4.12. The molecule has 2 bridgehead atoms. The van der Waals surface area contributed by atoms with Crippen LogP contribution < -0.4 is 0 Å². The zero-order chi connectivity index (χ0) is 15.6. The first-order valence-electron chi connectivity index (χ1n) is 8.63. The minimum Gasteiger partial charge on any atom is -0.374 e. The standard InChI is InChI=1S/C15H28O3S3Si/c1-4-16-22(17-5-2,18-6-3)8-7-11-9-12-10-13(11)15-14(12)19-21-20-15/h11-15H,4-10H2,1-3H3. The molecule has 0 aromatic carbocycles. The van der Waals surface area contributed by atoms with Gasteiger partial charge in [0.05, 0.1) is 0 Å². The van der Waals surface area contributed by atoms with Gasteiger partial charge in [0, 0.05) is 36.4 Å². The van der Waals surface area contributed by atoms with Crippen LogP contribution in [0.1, 0.15) is 40.0 Å². The van der Waals surface area contributed by atoms with Crippen LogP contribution in [-0.4, -0.2) is 39.1 Å². The van der Waals surface area contributed by atoms with E-state index in [0.717, 1.165) is 34.3 Å². The fourth-order valence-corrected chi connectivity index (χ4v) is 14.0. The third kappa shape index (κ3) is 3.55. The van der Waals surface area contributed by atoms with Crippen molar-refractivity contribution in [2.24, 2.45) is 17.8 Å². The summed E-state index contributed by atoms with van der Waals surface area (Å²) in [6, 6.07) is 0.999. The Morgan fingerprint density at radius 3 is 2.18 bits per heavy atom. The Bertz CT molecular complexity index is 357. The molecule has 0 N–H and O–H groups in total. The van der Waals surface area contributed by atoms with Crippen molar-refractivity contribution >= 4 is 40.2 Å². The van der Waals surface area contributed by atoms with Crippen molar-refractivity contribution in [2.45, 2.75) is 56.6 Å². The van der Waals surface area contributed by atoms with Gasteiger partial charge in [0.1, 0.15) is 0 Å². The van der Waals surface area contributed by atoms with Crippen molar-refractivity contribution in [3.8, 4) is 0 Å². The van der Waals surface area contributed by atoms with E-state index < -0.39 is 8.80 Å². The van der Waals surface area contributed by atoms with Gasteiger partial charge in [-0.2, -0.15) is 0 Å². The van der Waals surface area contributed by atoms with Crippen molar-refractivity contribution in [2.75, 3.05) is 19.8 Å². The van der Waals surface area contributed by atoms with Crippen LogP contribution >= 0.6 is 31.4 Å². The van der Waals surface area contributed by atoms with Crippen LogP contribution in [-0.2, 0) is 13.3 Å². The third-order valence-corrected chi connectivity index (χ3v) is 13.6. The van der Waals surface area contributed by atoms with Crippen LogP contribution in [0.15, 0.2) is 0 Å². The molecule has 2 aliphatic carbocycles. The Morgan fingerprint density at radius 1 is 0.909 bits per heavy atom. The lowest BCUT2D eigenvalue weighted by atomic mass is 9.86. The molecule has 3 fully saturated rings. The maximum atomic E-state index is 6.02. The summed E-state index contributed by atoms with van der Waals surface area (Å²) in [7, 11) is 3.87. The highest BCUT2D eigenvalue weighted by atomic mass is 33.5. The molecule has 5 unspecified atom stereocenters. The molecule has 1 heterocycles. The predicted molar refractivity (Wildman–Crippen MR) is 100 cm³/mol. The SMILES string of the molecule is CCO[Si](CCC1CC2CC1C1SSSC21)(OCC)OCC. The molecule has 0 amide bonds. The van der Waals surface area contributed by atoms with E-state index >= 15 is 0 Å². The Labute approximate surface area is 147 Å². The van der Waals surface area contributed by atoms with Gasteiger partial charge in [-0.1, -0.05) is 21.6 Å². The molecule has 3 rings (SSSR count). The molecule has 22 heavy (non-hydrogen) atoms. The smallest absolute Gasteiger partial charge is 0.374 e. The lowest BCUT2D eigenvalue weighted by Crippen LogP contribution is -2.46. The van der Waals surface area contributed by atoms with E-state index in [2.05, 4.69) is 21.6 Å². The molecular formula is C15H28O3S3Si. The lowest BCUT2D eigenvalue weighted by Gasteiger charge is -2.33. The average Bonchev–Trinajstić information content (AvgIpc) is 3.18. The Hall–Kier alpha value is 1.15. The highest BCUT2D eigenvalue weighted by Gasteiger charge is 2.56. The summed E-state index contributed by atoms with van der Waals surface area (Å²) < 4.78 is 18.1. The van der Waals surface area contributed by atoms with Crippen LogP contribution in [0.25, 0.3) is 0 Å². The average molecular weight is 381 g/mol. The largest absolute Gasteiger partial charge is 0.500 e. The van der Waals surface area contributed by atoms with Gasteiger partial charge in [0.2, 0.25) is 0 Å². The predicted octanol–water partition coefficient (Wildman–Crippen LogP) is 4.86. The first-order valence-corrected chi connectivity index (χ1v) is 14.2. The fraction of sp³-hybridized carbons (Fsp3) is 1.00. The first kappa shape index (κ1) is 18.0. The number of hydrogen-bond donors (Lipinski definition) is 0. The molecule has 0 aromatic rings. The molecule has 3 nitrogen and oxygen atoms in total. The number of fused-ring (bicyclic) bond motifs is 5.